The van der Waals surface area contributed by atoms with Crippen LogP contribution in [-0.2, 0) is 4.79 Å². The van der Waals surface area contributed by atoms with Crippen molar-refractivity contribution < 1.29 is 4.79 Å². The average Bonchev–Trinajstić information content (AvgIpc) is 2.36. The molecule has 3 nitrogen and oxygen atoms in total. The molecular formula is C14H21ClN2O. The number of halogens is 1. The zero-order valence-corrected chi connectivity index (χ0v) is 11.7. The third-order valence-corrected chi connectivity index (χ3v) is 2.98. The molecule has 1 aromatic rings. The summed E-state index contributed by atoms with van der Waals surface area (Å²) in [4.78, 5) is 15.6. The van der Waals surface area contributed by atoms with Gasteiger partial charge >= 0.3 is 0 Å². The number of hydrogen-bond acceptors (Lipinski definition) is 2. The van der Waals surface area contributed by atoms with Gasteiger partial charge in [-0.25, -0.2) is 4.98 Å². The molecular weight excluding hydrogens is 248 g/mol. The highest BCUT2D eigenvalue weighted by atomic mass is 35.5. The summed E-state index contributed by atoms with van der Waals surface area (Å²) in [5, 5.41) is 3.34. The number of carbonyl (C=O) groups is 1. The number of amides is 1. The minimum atomic E-state index is 0.0281. The van der Waals surface area contributed by atoms with Crippen molar-refractivity contribution in [2.24, 2.45) is 0 Å². The van der Waals surface area contributed by atoms with Crippen LogP contribution in [0.1, 0.15) is 51.9 Å². The molecule has 1 rings (SSSR count). The molecule has 0 fully saturated rings. The van der Waals surface area contributed by atoms with Gasteiger partial charge in [0.2, 0.25) is 5.91 Å². The fourth-order valence-electron chi connectivity index (χ4n) is 1.72. The summed E-state index contributed by atoms with van der Waals surface area (Å²) in [7, 11) is 0. The third-order valence-electron chi connectivity index (χ3n) is 2.75. The molecule has 0 aliphatic rings. The summed E-state index contributed by atoms with van der Waals surface area (Å²) < 4.78 is 0. The average molecular weight is 269 g/mol. The van der Waals surface area contributed by atoms with Crippen LogP contribution in [0.5, 0.6) is 0 Å². The number of aromatic nitrogens is 1. The first-order valence-corrected chi connectivity index (χ1v) is 7.01. The van der Waals surface area contributed by atoms with Crippen molar-refractivity contribution >= 4 is 23.3 Å². The van der Waals surface area contributed by atoms with Crippen molar-refractivity contribution in [1.82, 2.24) is 4.98 Å². The van der Waals surface area contributed by atoms with Crippen molar-refractivity contribution in [3.63, 3.8) is 0 Å². The molecule has 0 unspecified atom stereocenters. The van der Waals surface area contributed by atoms with Gasteiger partial charge < -0.3 is 5.32 Å². The third kappa shape index (κ3) is 6.60. The first-order valence-electron chi connectivity index (χ1n) is 6.63. The summed E-state index contributed by atoms with van der Waals surface area (Å²) in [6.07, 6.45) is 9.21. The molecule has 1 aromatic heterocycles. The van der Waals surface area contributed by atoms with Crippen molar-refractivity contribution in [3.05, 3.63) is 23.4 Å². The minimum absolute atomic E-state index is 0.0281. The van der Waals surface area contributed by atoms with Crippen LogP contribution >= 0.6 is 11.6 Å². The van der Waals surface area contributed by atoms with E-state index in [1.54, 1.807) is 12.1 Å². The van der Waals surface area contributed by atoms with Gasteiger partial charge in [0.05, 0.1) is 5.02 Å². The predicted molar refractivity (Wildman–Crippen MR) is 75.9 cm³/mol. The first-order chi connectivity index (χ1) is 8.72. The lowest BCUT2D eigenvalue weighted by molar-refractivity contribution is -0.116. The Balaban J connectivity index is 2.12. The van der Waals surface area contributed by atoms with Crippen LogP contribution in [0.2, 0.25) is 5.02 Å². The molecule has 1 amide bonds. The highest BCUT2D eigenvalue weighted by molar-refractivity contribution is 6.30. The van der Waals surface area contributed by atoms with Gasteiger partial charge in [-0.05, 0) is 18.6 Å². The van der Waals surface area contributed by atoms with E-state index in [2.05, 4.69) is 17.2 Å². The maximum atomic E-state index is 11.6. The van der Waals surface area contributed by atoms with E-state index in [1.807, 2.05) is 0 Å². The monoisotopic (exact) mass is 268 g/mol. The number of pyridine rings is 1. The first kappa shape index (κ1) is 15.0. The smallest absolute Gasteiger partial charge is 0.225 e. The van der Waals surface area contributed by atoms with Crippen molar-refractivity contribution in [3.8, 4) is 0 Å². The SMILES string of the molecule is CCCCCCCCC(=O)Nc1ccc(Cl)cn1. The molecule has 0 aliphatic carbocycles. The van der Waals surface area contributed by atoms with E-state index >= 15 is 0 Å². The summed E-state index contributed by atoms with van der Waals surface area (Å²) in [5.41, 5.74) is 0. The molecule has 0 aliphatic heterocycles. The quantitative estimate of drug-likeness (QED) is 0.709. The van der Waals surface area contributed by atoms with E-state index in [0.29, 0.717) is 17.3 Å². The molecule has 1 N–H and O–H groups in total. The Morgan fingerprint density at radius 2 is 1.94 bits per heavy atom. The Morgan fingerprint density at radius 1 is 1.22 bits per heavy atom. The normalized spacial score (nSPS) is 10.3. The van der Waals surface area contributed by atoms with Crippen LogP contribution in [0, 0.1) is 0 Å². The molecule has 0 spiro atoms. The van der Waals surface area contributed by atoms with Gasteiger partial charge in [0, 0.05) is 12.6 Å². The molecule has 0 saturated heterocycles. The van der Waals surface area contributed by atoms with E-state index in [0.717, 1.165) is 12.8 Å². The Kier molecular flexibility index (Phi) is 7.42. The molecule has 0 radical (unpaired) electrons. The van der Waals surface area contributed by atoms with Gasteiger partial charge in [-0.2, -0.15) is 0 Å². The summed E-state index contributed by atoms with van der Waals surface area (Å²) >= 11 is 5.72. The second-order valence-corrected chi connectivity index (χ2v) is 4.86. The maximum Gasteiger partial charge on any atom is 0.225 e. The molecule has 0 bridgehead atoms. The highest BCUT2D eigenvalue weighted by Gasteiger charge is 2.02. The molecule has 18 heavy (non-hydrogen) atoms. The summed E-state index contributed by atoms with van der Waals surface area (Å²) in [6, 6.07) is 3.43. The Bertz CT molecular complexity index is 351. The number of nitrogens with zero attached hydrogens (tertiary/aromatic N) is 1. The standard InChI is InChI=1S/C14H21ClN2O/c1-2-3-4-5-6-7-8-14(18)17-13-10-9-12(15)11-16-13/h9-11H,2-8H2,1H3,(H,16,17,18). The number of carbonyl (C=O) groups excluding carboxylic acids is 1. The fraction of sp³-hybridized carbons (Fsp3) is 0.571. The number of nitrogens with one attached hydrogen (secondary N) is 1. The molecule has 0 atom stereocenters. The number of anilines is 1. The van der Waals surface area contributed by atoms with Crippen LogP contribution in [-0.4, -0.2) is 10.9 Å². The minimum Gasteiger partial charge on any atom is -0.311 e. The van der Waals surface area contributed by atoms with Crippen molar-refractivity contribution in [2.45, 2.75) is 51.9 Å². The zero-order valence-electron chi connectivity index (χ0n) is 10.9. The Morgan fingerprint density at radius 3 is 2.61 bits per heavy atom. The lowest BCUT2D eigenvalue weighted by Crippen LogP contribution is -2.11. The lowest BCUT2D eigenvalue weighted by atomic mass is 10.1. The van der Waals surface area contributed by atoms with Crippen LogP contribution in [0.15, 0.2) is 18.3 Å². The van der Waals surface area contributed by atoms with Gasteiger partial charge in [-0.3, -0.25) is 4.79 Å². The molecule has 0 saturated carbocycles. The summed E-state index contributed by atoms with van der Waals surface area (Å²) in [6.45, 7) is 2.20. The van der Waals surface area contributed by atoms with E-state index in [1.165, 1.54) is 31.9 Å². The largest absolute Gasteiger partial charge is 0.311 e. The van der Waals surface area contributed by atoms with Gasteiger partial charge in [0.1, 0.15) is 5.82 Å². The van der Waals surface area contributed by atoms with Crippen LogP contribution < -0.4 is 5.32 Å². The Labute approximate surface area is 114 Å². The topological polar surface area (TPSA) is 42.0 Å². The summed E-state index contributed by atoms with van der Waals surface area (Å²) in [5.74, 6) is 0.593. The lowest BCUT2D eigenvalue weighted by Gasteiger charge is -2.04. The van der Waals surface area contributed by atoms with E-state index in [-0.39, 0.29) is 5.91 Å². The molecule has 1 heterocycles. The molecule has 100 valence electrons. The van der Waals surface area contributed by atoms with Crippen LogP contribution in [0.25, 0.3) is 0 Å². The zero-order chi connectivity index (χ0) is 13.2. The fourth-order valence-corrected chi connectivity index (χ4v) is 1.83. The Hall–Kier alpha value is -1.09. The van der Waals surface area contributed by atoms with Crippen LogP contribution in [0.4, 0.5) is 5.82 Å². The van der Waals surface area contributed by atoms with E-state index in [4.69, 9.17) is 11.6 Å². The van der Waals surface area contributed by atoms with Crippen molar-refractivity contribution in [2.75, 3.05) is 5.32 Å². The second kappa shape index (κ2) is 8.92. The van der Waals surface area contributed by atoms with E-state index < -0.39 is 0 Å². The van der Waals surface area contributed by atoms with E-state index in [9.17, 15) is 4.79 Å². The van der Waals surface area contributed by atoms with Gasteiger partial charge in [0.25, 0.3) is 0 Å². The highest BCUT2D eigenvalue weighted by Crippen LogP contribution is 2.11. The van der Waals surface area contributed by atoms with Gasteiger partial charge in [-0.1, -0.05) is 50.6 Å². The molecule has 4 heteroatoms. The van der Waals surface area contributed by atoms with Crippen molar-refractivity contribution in [1.29, 1.82) is 0 Å². The molecule has 0 aromatic carbocycles. The van der Waals surface area contributed by atoms with Gasteiger partial charge in [0.15, 0.2) is 0 Å². The number of unbranched alkanes of at least 4 members (excludes halogenated alkanes) is 5. The maximum absolute atomic E-state index is 11.6. The second-order valence-electron chi connectivity index (χ2n) is 4.43. The predicted octanol–water partition coefficient (Wildman–Crippen LogP) is 4.42. The van der Waals surface area contributed by atoms with Crippen LogP contribution in [0.3, 0.4) is 0 Å². The number of rotatable bonds is 8. The van der Waals surface area contributed by atoms with Gasteiger partial charge in [-0.15, -0.1) is 0 Å². The number of hydrogen-bond donors (Lipinski definition) is 1.